The molecule has 2 aromatic carbocycles. The van der Waals surface area contributed by atoms with Gasteiger partial charge in [0.1, 0.15) is 12.1 Å². The molecular weight excluding hydrogens is 399 g/mol. The van der Waals surface area contributed by atoms with Crippen molar-refractivity contribution in [3.8, 4) is 0 Å². The summed E-state index contributed by atoms with van der Waals surface area (Å²) < 4.78 is 38.7. The Bertz CT molecular complexity index is 901. The van der Waals surface area contributed by atoms with Gasteiger partial charge in [-0.3, -0.25) is 14.4 Å². The van der Waals surface area contributed by atoms with Crippen LogP contribution in [0.3, 0.4) is 0 Å². The molecule has 0 aliphatic carbocycles. The number of rotatable bonds is 8. The van der Waals surface area contributed by atoms with Gasteiger partial charge in [0.25, 0.3) is 0 Å². The van der Waals surface area contributed by atoms with Crippen LogP contribution in [0.25, 0.3) is 0 Å². The highest BCUT2D eigenvalue weighted by Gasteiger charge is 2.31. The molecule has 30 heavy (non-hydrogen) atoms. The van der Waals surface area contributed by atoms with Crippen LogP contribution in [-0.4, -0.2) is 29.8 Å². The van der Waals surface area contributed by atoms with Gasteiger partial charge < -0.3 is 16.4 Å². The third-order valence-electron chi connectivity index (χ3n) is 4.33. The van der Waals surface area contributed by atoms with Gasteiger partial charge in [-0.2, -0.15) is 13.2 Å². The molecule has 9 heteroatoms. The number of alkyl halides is 3. The van der Waals surface area contributed by atoms with Crippen molar-refractivity contribution >= 4 is 17.7 Å². The Kier molecular flexibility index (Phi) is 7.57. The lowest BCUT2D eigenvalue weighted by Crippen LogP contribution is -2.54. The van der Waals surface area contributed by atoms with Gasteiger partial charge in [0.2, 0.25) is 17.7 Å². The summed E-state index contributed by atoms with van der Waals surface area (Å²) >= 11 is 0. The average Bonchev–Trinajstić information content (AvgIpc) is 2.67. The van der Waals surface area contributed by atoms with E-state index in [2.05, 4.69) is 10.6 Å². The quantitative estimate of drug-likeness (QED) is 0.607. The van der Waals surface area contributed by atoms with Crippen LogP contribution in [0.2, 0.25) is 0 Å². The van der Waals surface area contributed by atoms with Gasteiger partial charge in [0.15, 0.2) is 0 Å². The molecular formula is C21H22F3N3O3. The van der Waals surface area contributed by atoms with Crippen molar-refractivity contribution in [1.29, 1.82) is 0 Å². The van der Waals surface area contributed by atoms with E-state index < -0.39 is 41.5 Å². The highest BCUT2D eigenvalue weighted by atomic mass is 19.4. The van der Waals surface area contributed by atoms with Crippen LogP contribution < -0.4 is 16.4 Å². The molecule has 6 nitrogen and oxygen atoms in total. The van der Waals surface area contributed by atoms with Gasteiger partial charge in [0.05, 0.1) is 5.56 Å². The summed E-state index contributed by atoms with van der Waals surface area (Å²) in [6.45, 7) is 1.25. The largest absolute Gasteiger partial charge is 0.416 e. The Hall–Kier alpha value is -3.36. The lowest BCUT2D eigenvalue weighted by molar-refractivity contribution is -0.137. The number of benzene rings is 2. The molecule has 0 aromatic heterocycles. The zero-order valence-corrected chi connectivity index (χ0v) is 16.2. The van der Waals surface area contributed by atoms with E-state index in [1.807, 2.05) is 0 Å². The standard InChI is InChI=1S/C21H22F3N3O3/c1-13(28)26-18(11-14-6-3-2-4-7-14)20(30)27-17(19(25)29)12-15-8-5-9-16(10-15)21(22,23)24/h2-10,17-18H,11-12H2,1H3,(H2,25,29)(H,26,28)(H,27,30)/t17-,18-/m1/s1. The highest BCUT2D eigenvalue weighted by Crippen LogP contribution is 2.29. The van der Waals surface area contributed by atoms with Crippen LogP contribution in [-0.2, 0) is 33.4 Å². The fraction of sp³-hybridized carbons (Fsp3) is 0.286. The number of halogens is 3. The molecule has 0 saturated carbocycles. The summed E-state index contributed by atoms with van der Waals surface area (Å²) in [4.78, 5) is 36.0. The fourth-order valence-electron chi connectivity index (χ4n) is 2.91. The van der Waals surface area contributed by atoms with Crippen molar-refractivity contribution < 1.29 is 27.6 Å². The summed E-state index contributed by atoms with van der Waals surface area (Å²) in [6, 6.07) is 11.1. The van der Waals surface area contributed by atoms with Crippen molar-refractivity contribution in [2.45, 2.75) is 38.0 Å². The van der Waals surface area contributed by atoms with Crippen LogP contribution in [0.4, 0.5) is 13.2 Å². The lowest BCUT2D eigenvalue weighted by atomic mass is 10.0. The molecule has 0 aliphatic rings. The van der Waals surface area contributed by atoms with Gasteiger partial charge in [0, 0.05) is 19.8 Å². The number of carbonyl (C=O) groups excluding carboxylic acids is 3. The normalized spacial score (nSPS) is 13.2. The first kappa shape index (κ1) is 22.9. The molecule has 0 fully saturated rings. The van der Waals surface area contributed by atoms with E-state index in [0.717, 1.165) is 17.7 Å². The van der Waals surface area contributed by atoms with Crippen LogP contribution in [0.15, 0.2) is 54.6 Å². The molecule has 4 N–H and O–H groups in total. The molecule has 0 radical (unpaired) electrons. The summed E-state index contributed by atoms with van der Waals surface area (Å²) in [6.07, 6.45) is -4.59. The first-order chi connectivity index (χ1) is 14.1. The van der Waals surface area contributed by atoms with Gasteiger partial charge in [-0.1, -0.05) is 48.5 Å². The highest BCUT2D eigenvalue weighted by molar-refractivity contribution is 5.91. The van der Waals surface area contributed by atoms with E-state index in [1.54, 1.807) is 30.3 Å². The average molecular weight is 421 g/mol. The minimum absolute atomic E-state index is 0.168. The van der Waals surface area contributed by atoms with Crippen molar-refractivity contribution in [2.75, 3.05) is 0 Å². The van der Waals surface area contributed by atoms with Crippen molar-refractivity contribution in [1.82, 2.24) is 10.6 Å². The molecule has 0 bridgehead atoms. The first-order valence-electron chi connectivity index (χ1n) is 9.13. The van der Waals surface area contributed by atoms with E-state index in [4.69, 9.17) is 5.73 Å². The monoisotopic (exact) mass is 421 g/mol. The SMILES string of the molecule is CC(=O)N[C@H](Cc1ccccc1)C(=O)N[C@H](Cc1cccc(C(F)(F)F)c1)C(N)=O. The molecule has 0 aliphatic heterocycles. The molecule has 160 valence electrons. The van der Waals surface area contributed by atoms with Crippen LogP contribution in [0.5, 0.6) is 0 Å². The second kappa shape index (κ2) is 9.91. The Morgan fingerprint density at radius 1 is 0.900 bits per heavy atom. The van der Waals surface area contributed by atoms with Gasteiger partial charge in [-0.05, 0) is 17.2 Å². The Balaban J connectivity index is 2.16. The summed E-state index contributed by atoms with van der Waals surface area (Å²) in [5, 5.41) is 4.95. The molecule has 2 rings (SSSR count). The first-order valence-corrected chi connectivity index (χ1v) is 9.13. The van der Waals surface area contributed by atoms with Crippen molar-refractivity contribution in [3.05, 3.63) is 71.3 Å². The molecule has 0 unspecified atom stereocenters. The maximum absolute atomic E-state index is 12.9. The summed E-state index contributed by atoms with van der Waals surface area (Å²) in [5.74, 6) is -2.01. The van der Waals surface area contributed by atoms with Crippen molar-refractivity contribution in [3.63, 3.8) is 0 Å². The third-order valence-corrected chi connectivity index (χ3v) is 4.33. The second-order valence-electron chi connectivity index (χ2n) is 6.81. The Labute approximate surface area is 171 Å². The summed E-state index contributed by atoms with van der Waals surface area (Å²) in [7, 11) is 0. The minimum atomic E-state index is -4.53. The fourth-order valence-corrected chi connectivity index (χ4v) is 2.91. The molecule has 2 aromatic rings. The van der Waals surface area contributed by atoms with Gasteiger partial charge in [-0.15, -0.1) is 0 Å². The van der Waals surface area contributed by atoms with Gasteiger partial charge in [-0.25, -0.2) is 0 Å². The van der Waals surface area contributed by atoms with Crippen LogP contribution >= 0.6 is 0 Å². The topological polar surface area (TPSA) is 101 Å². The molecule has 0 saturated heterocycles. The van der Waals surface area contributed by atoms with Crippen LogP contribution in [0, 0.1) is 0 Å². The lowest BCUT2D eigenvalue weighted by Gasteiger charge is -2.22. The number of hydrogen-bond acceptors (Lipinski definition) is 3. The number of nitrogens with two attached hydrogens (primary N) is 1. The van der Waals surface area contributed by atoms with Crippen LogP contribution in [0.1, 0.15) is 23.6 Å². The second-order valence-corrected chi connectivity index (χ2v) is 6.81. The van der Waals surface area contributed by atoms with E-state index >= 15 is 0 Å². The molecule has 0 heterocycles. The maximum atomic E-state index is 12.9. The van der Waals surface area contributed by atoms with E-state index in [-0.39, 0.29) is 18.4 Å². The van der Waals surface area contributed by atoms with Crippen molar-refractivity contribution in [2.24, 2.45) is 5.73 Å². The van der Waals surface area contributed by atoms with Gasteiger partial charge >= 0.3 is 6.18 Å². The number of primary amides is 1. The molecule has 2 atom stereocenters. The van der Waals surface area contributed by atoms with E-state index in [0.29, 0.717) is 0 Å². The number of nitrogens with one attached hydrogen (secondary N) is 2. The molecule has 3 amide bonds. The smallest absolute Gasteiger partial charge is 0.368 e. The third kappa shape index (κ3) is 6.91. The zero-order chi connectivity index (χ0) is 22.3. The number of amides is 3. The summed E-state index contributed by atoms with van der Waals surface area (Å²) in [5.41, 5.74) is 5.45. The van der Waals surface area contributed by atoms with E-state index in [1.165, 1.54) is 19.1 Å². The minimum Gasteiger partial charge on any atom is -0.368 e. The Morgan fingerprint density at radius 2 is 1.50 bits per heavy atom. The maximum Gasteiger partial charge on any atom is 0.416 e. The predicted molar refractivity (Wildman–Crippen MR) is 104 cm³/mol. The predicted octanol–water partition coefficient (Wildman–Crippen LogP) is 1.97. The Morgan fingerprint density at radius 3 is 2.07 bits per heavy atom. The zero-order valence-electron chi connectivity index (χ0n) is 16.2. The van der Waals surface area contributed by atoms with E-state index in [9.17, 15) is 27.6 Å². The molecule has 0 spiro atoms. The number of hydrogen-bond donors (Lipinski definition) is 3. The number of carbonyl (C=O) groups is 3.